The summed E-state index contributed by atoms with van der Waals surface area (Å²) in [6, 6.07) is 9.71. The van der Waals surface area contributed by atoms with Gasteiger partial charge in [-0.2, -0.15) is 9.78 Å². The summed E-state index contributed by atoms with van der Waals surface area (Å²) in [6.45, 7) is 2.03. The quantitative estimate of drug-likeness (QED) is 0.669. The number of hydrogen-bond acceptors (Lipinski definition) is 6. The predicted molar refractivity (Wildman–Crippen MR) is 91.7 cm³/mol. The molecule has 1 N–H and O–H groups in total. The Bertz CT molecular complexity index is 895. The molecule has 0 amide bonds. The first kappa shape index (κ1) is 15.6. The van der Waals surface area contributed by atoms with Crippen LogP contribution < -0.4 is 11.0 Å². The summed E-state index contributed by atoms with van der Waals surface area (Å²) in [4.78, 5) is 12.3. The van der Waals surface area contributed by atoms with Gasteiger partial charge in [-0.3, -0.25) is 4.57 Å². The number of nitrogens with one attached hydrogen (secondary N) is 1. The number of aromatic nitrogens is 7. The van der Waals surface area contributed by atoms with Crippen molar-refractivity contribution in [3.8, 4) is 5.69 Å². The molecule has 9 nitrogen and oxygen atoms in total. The van der Waals surface area contributed by atoms with Gasteiger partial charge in [0.05, 0.1) is 5.69 Å². The van der Waals surface area contributed by atoms with E-state index < -0.39 is 0 Å². The molecule has 0 bridgehead atoms. The molecule has 0 radical (unpaired) electrons. The molecule has 1 aliphatic rings. The summed E-state index contributed by atoms with van der Waals surface area (Å²) in [7, 11) is 0. The average Bonchev–Trinajstić information content (AvgIpc) is 3.25. The van der Waals surface area contributed by atoms with E-state index in [1.165, 1.54) is 0 Å². The second kappa shape index (κ2) is 6.88. The number of hydrogen-bond donors (Lipinski definition) is 1. The van der Waals surface area contributed by atoms with Crippen molar-refractivity contribution in [3.63, 3.8) is 0 Å². The fourth-order valence-electron chi connectivity index (χ4n) is 3.06. The maximum Gasteiger partial charge on any atom is 0.345 e. The molecule has 0 saturated heterocycles. The summed E-state index contributed by atoms with van der Waals surface area (Å²) < 4.78 is 5.02. The van der Waals surface area contributed by atoms with E-state index in [4.69, 9.17) is 0 Å². The molecule has 25 heavy (non-hydrogen) atoms. The van der Waals surface area contributed by atoms with Gasteiger partial charge >= 0.3 is 5.69 Å². The highest BCUT2D eigenvalue weighted by Gasteiger charge is 2.16. The maximum atomic E-state index is 12.3. The number of anilines is 1. The molecule has 9 heteroatoms. The minimum Gasteiger partial charge on any atom is -0.353 e. The van der Waals surface area contributed by atoms with Gasteiger partial charge in [-0.1, -0.05) is 23.3 Å². The zero-order valence-corrected chi connectivity index (χ0v) is 13.9. The summed E-state index contributed by atoms with van der Waals surface area (Å²) in [5.74, 6) is 1.50. The van der Waals surface area contributed by atoms with Gasteiger partial charge in [0.2, 0.25) is 5.95 Å². The van der Waals surface area contributed by atoms with Gasteiger partial charge in [-0.15, -0.1) is 0 Å². The van der Waals surface area contributed by atoms with Crippen molar-refractivity contribution in [2.24, 2.45) is 0 Å². The number of benzene rings is 1. The molecule has 0 atom stereocenters. The zero-order valence-electron chi connectivity index (χ0n) is 13.9. The summed E-state index contributed by atoms with van der Waals surface area (Å²) in [5.41, 5.74) is 0.900. The monoisotopic (exact) mass is 340 g/mol. The van der Waals surface area contributed by atoms with Crippen LogP contribution in [0.15, 0.2) is 35.1 Å². The first-order valence-corrected chi connectivity index (χ1v) is 8.57. The largest absolute Gasteiger partial charge is 0.353 e. The van der Waals surface area contributed by atoms with Crippen LogP contribution in [0.1, 0.15) is 25.1 Å². The van der Waals surface area contributed by atoms with Gasteiger partial charge in [0.15, 0.2) is 0 Å². The van der Waals surface area contributed by atoms with E-state index >= 15 is 0 Å². The van der Waals surface area contributed by atoms with Crippen LogP contribution in [0.2, 0.25) is 0 Å². The molecular weight excluding hydrogens is 320 g/mol. The highest BCUT2D eigenvalue weighted by Crippen LogP contribution is 2.11. The van der Waals surface area contributed by atoms with Crippen LogP contribution in [0, 0.1) is 0 Å². The molecule has 2 aromatic heterocycles. The third kappa shape index (κ3) is 3.17. The number of fused-ring (bicyclic) bond motifs is 1. The Morgan fingerprint density at radius 3 is 2.88 bits per heavy atom. The normalized spacial score (nSPS) is 13.6. The van der Waals surface area contributed by atoms with Crippen molar-refractivity contribution in [2.75, 3.05) is 11.9 Å². The van der Waals surface area contributed by atoms with Crippen molar-refractivity contribution in [3.05, 3.63) is 46.6 Å². The topological polar surface area (TPSA) is 95.4 Å². The van der Waals surface area contributed by atoms with E-state index in [0.29, 0.717) is 19.0 Å². The van der Waals surface area contributed by atoms with Crippen LogP contribution >= 0.6 is 0 Å². The van der Waals surface area contributed by atoms with E-state index in [2.05, 4.69) is 25.9 Å². The van der Waals surface area contributed by atoms with Crippen molar-refractivity contribution < 1.29 is 0 Å². The van der Waals surface area contributed by atoms with E-state index in [0.717, 1.165) is 43.7 Å². The number of para-hydroxylation sites is 1. The van der Waals surface area contributed by atoms with Gasteiger partial charge in [-0.25, -0.2) is 9.48 Å². The third-order valence-electron chi connectivity index (χ3n) is 4.33. The van der Waals surface area contributed by atoms with Crippen molar-refractivity contribution >= 4 is 5.95 Å². The van der Waals surface area contributed by atoms with Crippen LogP contribution in [0.5, 0.6) is 0 Å². The highest BCUT2D eigenvalue weighted by atomic mass is 16.2. The molecule has 0 spiro atoms. The van der Waals surface area contributed by atoms with Crippen LogP contribution in [-0.2, 0) is 19.5 Å². The second-order valence-corrected chi connectivity index (χ2v) is 6.06. The smallest absolute Gasteiger partial charge is 0.345 e. The van der Waals surface area contributed by atoms with Crippen LogP contribution in [0.25, 0.3) is 5.69 Å². The van der Waals surface area contributed by atoms with Crippen LogP contribution in [-0.4, -0.2) is 41.1 Å². The van der Waals surface area contributed by atoms with Gasteiger partial charge in [0.25, 0.3) is 0 Å². The second-order valence-electron chi connectivity index (χ2n) is 6.06. The van der Waals surface area contributed by atoms with E-state index in [9.17, 15) is 4.79 Å². The Kier molecular flexibility index (Phi) is 4.28. The third-order valence-corrected chi connectivity index (χ3v) is 4.33. The Morgan fingerprint density at radius 2 is 2.04 bits per heavy atom. The van der Waals surface area contributed by atoms with Crippen molar-refractivity contribution in [1.82, 2.24) is 34.6 Å². The maximum absolute atomic E-state index is 12.3. The Hall–Kier alpha value is -2.97. The molecule has 0 unspecified atom stereocenters. The average molecular weight is 340 g/mol. The minimum absolute atomic E-state index is 0.00354. The lowest BCUT2D eigenvalue weighted by Crippen LogP contribution is -2.27. The first-order chi connectivity index (χ1) is 12.3. The summed E-state index contributed by atoms with van der Waals surface area (Å²) >= 11 is 0. The molecule has 0 fully saturated rings. The molecule has 3 heterocycles. The van der Waals surface area contributed by atoms with Gasteiger partial charge in [0, 0.05) is 26.1 Å². The Labute approximate surface area is 144 Å². The van der Waals surface area contributed by atoms with Gasteiger partial charge < -0.3 is 5.32 Å². The molecule has 1 aliphatic heterocycles. The number of nitrogens with zero attached hydrogens (tertiary/aromatic N) is 7. The van der Waals surface area contributed by atoms with Gasteiger partial charge in [-0.05, 0) is 41.8 Å². The standard InChI is InChI=1S/C16H20N8O/c25-16-22-11-5-4-9-14(22)19-23(16)12-6-10-17-15-18-20-21-24(15)13-7-2-1-3-8-13/h1-3,7-8H,4-6,9-12H2,(H,17,18,21). The predicted octanol–water partition coefficient (Wildman–Crippen LogP) is 0.859. The molecule has 3 aromatic rings. The lowest BCUT2D eigenvalue weighted by Gasteiger charge is -2.09. The van der Waals surface area contributed by atoms with Gasteiger partial charge in [0.1, 0.15) is 5.82 Å². The van der Waals surface area contributed by atoms with Crippen LogP contribution in [0.3, 0.4) is 0 Å². The van der Waals surface area contributed by atoms with E-state index in [1.54, 1.807) is 13.9 Å². The summed E-state index contributed by atoms with van der Waals surface area (Å²) in [6.07, 6.45) is 3.83. The lowest BCUT2D eigenvalue weighted by atomic mass is 10.2. The zero-order chi connectivity index (χ0) is 17.1. The minimum atomic E-state index is 0.00354. The first-order valence-electron chi connectivity index (χ1n) is 8.57. The molecule has 0 saturated carbocycles. The summed E-state index contributed by atoms with van der Waals surface area (Å²) in [5, 5.41) is 19.4. The van der Waals surface area contributed by atoms with Crippen LogP contribution in [0.4, 0.5) is 5.95 Å². The highest BCUT2D eigenvalue weighted by molar-refractivity contribution is 5.38. The lowest BCUT2D eigenvalue weighted by molar-refractivity contribution is 0.510. The van der Waals surface area contributed by atoms with Crippen molar-refractivity contribution in [1.29, 1.82) is 0 Å². The molecule has 130 valence electrons. The van der Waals surface area contributed by atoms with E-state index in [-0.39, 0.29) is 5.69 Å². The Morgan fingerprint density at radius 1 is 1.16 bits per heavy atom. The molecule has 0 aliphatic carbocycles. The number of rotatable bonds is 6. The Balaban J connectivity index is 1.36. The number of tetrazole rings is 1. The number of aryl methyl sites for hydroxylation is 2. The fraction of sp³-hybridized carbons (Fsp3) is 0.438. The molecular formula is C16H20N8O. The SMILES string of the molecule is O=c1n(CCCNc2nnnn2-c2ccccc2)nc2n1CCCC2. The molecule has 4 rings (SSSR count). The van der Waals surface area contributed by atoms with E-state index in [1.807, 2.05) is 30.3 Å². The fourth-order valence-corrected chi connectivity index (χ4v) is 3.06. The molecule has 1 aromatic carbocycles. The van der Waals surface area contributed by atoms with Crippen molar-refractivity contribution in [2.45, 2.75) is 38.8 Å².